The van der Waals surface area contributed by atoms with Gasteiger partial charge in [0.15, 0.2) is 0 Å². The Labute approximate surface area is 138 Å². The van der Waals surface area contributed by atoms with Gasteiger partial charge in [-0.05, 0) is 46.0 Å². The number of carbonyl (C=O) groups is 2. The van der Waals surface area contributed by atoms with Crippen LogP contribution >= 0.6 is 0 Å². The molecule has 1 aromatic rings. The summed E-state index contributed by atoms with van der Waals surface area (Å²) in [6, 6.07) is 7.49. The number of benzene rings is 1. The fourth-order valence-electron chi connectivity index (χ4n) is 2.80. The number of hydrogen-bond donors (Lipinski definition) is 1. The number of nitrogens with one attached hydrogen (secondary N) is 1. The summed E-state index contributed by atoms with van der Waals surface area (Å²) in [6.07, 6.45) is 4.11. The first-order valence-corrected chi connectivity index (χ1v) is 7.93. The Morgan fingerprint density at radius 3 is 2.78 bits per heavy atom. The molecule has 0 fully saturated rings. The molecule has 0 spiro atoms. The topological polar surface area (TPSA) is 52.7 Å². The Kier molecular flexibility index (Phi) is 5.55. The van der Waals surface area contributed by atoms with Gasteiger partial charge in [0.25, 0.3) is 0 Å². The number of fused-ring (bicyclic) bond motifs is 1. The van der Waals surface area contributed by atoms with E-state index >= 15 is 0 Å². The molecule has 5 nitrogen and oxygen atoms in total. The van der Waals surface area contributed by atoms with Gasteiger partial charge in [0.2, 0.25) is 11.8 Å². The van der Waals surface area contributed by atoms with Crippen LogP contribution in [0.5, 0.6) is 0 Å². The molecule has 5 heteroatoms. The molecule has 0 saturated carbocycles. The van der Waals surface area contributed by atoms with Crippen LogP contribution in [-0.4, -0.2) is 49.4 Å². The van der Waals surface area contributed by atoms with Crippen LogP contribution in [0.15, 0.2) is 36.4 Å². The van der Waals surface area contributed by atoms with Crippen molar-refractivity contribution in [3.63, 3.8) is 0 Å². The van der Waals surface area contributed by atoms with Gasteiger partial charge in [-0.2, -0.15) is 0 Å². The van der Waals surface area contributed by atoms with Gasteiger partial charge >= 0.3 is 0 Å². The van der Waals surface area contributed by atoms with E-state index in [-0.39, 0.29) is 17.9 Å². The molecule has 0 aromatic heterocycles. The van der Waals surface area contributed by atoms with E-state index in [0.29, 0.717) is 6.54 Å². The van der Waals surface area contributed by atoms with Gasteiger partial charge in [-0.25, -0.2) is 0 Å². The monoisotopic (exact) mass is 315 g/mol. The molecule has 0 saturated heterocycles. The van der Waals surface area contributed by atoms with E-state index in [1.54, 1.807) is 17.9 Å². The highest BCUT2D eigenvalue weighted by molar-refractivity contribution is 6.02. The third-order valence-corrected chi connectivity index (χ3v) is 3.91. The van der Waals surface area contributed by atoms with Gasteiger partial charge in [0.1, 0.15) is 6.04 Å². The number of nitrogens with zero attached hydrogens (tertiary/aromatic N) is 2. The minimum atomic E-state index is -0.555. The zero-order valence-corrected chi connectivity index (χ0v) is 14.2. The molecule has 23 heavy (non-hydrogen) atoms. The van der Waals surface area contributed by atoms with E-state index in [4.69, 9.17) is 0 Å². The van der Waals surface area contributed by atoms with Crippen molar-refractivity contribution in [2.45, 2.75) is 32.4 Å². The zero-order chi connectivity index (χ0) is 17.0. The van der Waals surface area contributed by atoms with Crippen LogP contribution in [0.25, 0.3) is 0 Å². The van der Waals surface area contributed by atoms with Crippen LogP contribution in [0.1, 0.15) is 19.4 Å². The quantitative estimate of drug-likeness (QED) is 0.840. The standard InChI is InChI=1S/C18H25N3O2/c1-13-12-15-8-5-6-9-16(15)21(13)18(23)14(2)19-17(22)10-7-11-20(3)4/h5-10,13-14H,11-12H2,1-4H3,(H,19,22)/b10-7+. The molecule has 1 aliphatic rings. The summed E-state index contributed by atoms with van der Waals surface area (Å²) in [6.45, 7) is 4.45. The van der Waals surface area contributed by atoms with E-state index in [2.05, 4.69) is 5.32 Å². The van der Waals surface area contributed by atoms with Crippen molar-refractivity contribution in [3.05, 3.63) is 42.0 Å². The fraction of sp³-hybridized carbons (Fsp3) is 0.444. The lowest BCUT2D eigenvalue weighted by Crippen LogP contribution is -2.48. The summed E-state index contributed by atoms with van der Waals surface area (Å²) in [7, 11) is 3.86. The molecule has 1 aromatic carbocycles. The van der Waals surface area contributed by atoms with Crippen LogP contribution in [0, 0.1) is 0 Å². The Morgan fingerprint density at radius 1 is 1.39 bits per heavy atom. The normalized spacial score (nSPS) is 18.3. The molecule has 2 atom stereocenters. The van der Waals surface area contributed by atoms with Crippen molar-refractivity contribution in [1.29, 1.82) is 0 Å². The largest absolute Gasteiger partial charge is 0.341 e. The van der Waals surface area contributed by atoms with E-state index in [1.807, 2.05) is 50.2 Å². The van der Waals surface area contributed by atoms with Crippen LogP contribution in [0.3, 0.4) is 0 Å². The summed E-state index contributed by atoms with van der Waals surface area (Å²) >= 11 is 0. The maximum Gasteiger partial charge on any atom is 0.249 e. The van der Waals surface area contributed by atoms with Crippen molar-refractivity contribution in [2.24, 2.45) is 0 Å². The van der Waals surface area contributed by atoms with E-state index in [1.165, 1.54) is 11.6 Å². The van der Waals surface area contributed by atoms with Crippen LogP contribution in [-0.2, 0) is 16.0 Å². The fourth-order valence-corrected chi connectivity index (χ4v) is 2.80. The molecular formula is C18H25N3O2. The summed E-state index contributed by atoms with van der Waals surface area (Å²) in [5.41, 5.74) is 2.13. The van der Waals surface area contributed by atoms with Crippen molar-refractivity contribution in [1.82, 2.24) is 10.2 Å². The summed E-state index contributed by atoms with van der Waals surface area (Å²) in [5.74, 6) is -0.315. The second-order valence-electron chi connectivity index (χ2n) is 6.28. The van der Waals surface area contributed by atoms with E-state index < -0.39 is 6.04 Å². The summed E-state index contributed by atoms with van der Waals surface area (Å²) in [5, 5.41) is 2.75. The average molecular weight is 315 g/mol. The molecular weight excluding hydrogens is 290 g/mol. The number of anilines is 1. The van der Waals surface area contributed by atoms with Gasteiger partial charge in [0, 0.05) is 24.4 Å². The highest BCUT2D eigenvalue weighted by Crippen LogP contribution is 2.32. The number of rotatable bonds is 5. The number of hydrogen-bond acceptors (Lipinski definition) is 3. The smallest absolute Gasteiger partial charge is 0.249 e. The van der Waals surface area contributed by atoms with E-state index in [0.717, 1.165) is 12.1 Å². The highest BCUT2D eigenvalue weighted by atomic mass is 16.2. The first-order valence-electron chi connectivity index (χ1n) is 7.93. The summed E-state index contributed by atoms with van der Waals surface area (Å²) in [4.78, 5) is 28.4. The first-order chi connectivity index (χ1) is 10.9. The Morgan fingerprint density at radius 2 is 2.09 bits per heavy atom. The molecule has 1 heterocycles. The molecule has 124 valence electrons. The molecule has 2 amide bonds. The highest BCUT2D eigenvalue weighted by Gasteiger charge is 2.33. The Balaban J connectivity index is 2.00. The predicted octanol–water partition coefficient (Wildman–Crippen LogP) is 1.59. The predicted molar refractivity (Wildman–Crippen MR) is 92.4 cm³/mol. The van der Waals surface area contributed by atoms with E-state index in [9.17, 15) is 9.59 Å². The minimum absolute atomic E-state index is 0.0724. The van der Waals surface area contributed by atoms with Gasteiger partial charge < -0.3 is 15.1 Å². The molecule has 1 N–H and O–H groups in total. The molecule has 2 unspecified atom stereocenters. The third kappa shape index (κ3) is 4.20. The third-order valence-electron chi connectivity index (χ3n) is 3.91. The van der Waals surface area contributed by atoms with Crippen molar-refractivity contribution < 1.29 is 9.59 Å². The molecule has 0 radical (unpaired) electrons. The van der Waals surface area contributed by atoms with Crippen molar-refractivity contribution >= 4 is 17.5 Å². The molecule has 1 aliphatic heterocycles. The molecule has 2 rings (SSSR count). The van der Waals surface area contributed by atoms with Crippen molar-refractivity contribution in [3.8, 4) is 0 Å². The Hall–Kier alpha value is -2.14. The average Bonchev–Trinajstić information content (AvgIpc) is 2.81. The maximum atomic E-state index is 12.7. The number of likely N-dealkylation sites (N-methyl/N-ethyl adjacent to an activating group) is 1. The molecule has 0 bridgehead atoms. The molecule has 0 aliphatic carbocycles. The van der Waals surface area contributed by atoms with Gasteiger partial charge in [-0.3, -0.25) is 9.59 Å². The zero-order valence-electron chi connectivity index (χ0n) is 14.2. The SMILES string of the molecule is CC(NC(=O)/C=C/CN(C)C)C(=O)N1c2ccccc2CC1C. The van der Waals surface area contributed by atoms with Crippen molar-refractivity contribution in [2.75, 3.05) is 25.5 Å². The van der Waals surface area contributed by atoms with Gasteiger partial charge in [-0.15, -0.1) is 0 Å². The number of carbonyl (C=O) groups excluding carboxylic acids is 2. The lowest BCUT2D eigenvalue weighted by Gasteiger charge is -2.26. The number of amides is 2. The summed E-state index contributed by atoms with van der Waals surface area (Å²) < 4.78 is 0. The van der Waals surface area contributed by atoms with Gasteiger partial charge in [-0.1, -0.05) is 24.3 Å². The lowest BCUT2D eigenvalue weighted by molar-refractivity contribution is -0.125. The van der Waals surface area contributed by atoms with Crippen LogP contribution < -0.4 is 10.2 Å². The number of para-hydroxylation sites is 1. The Bertz CT molecular complexity index is 610. The second-order valence-corrected chi connectivity index (χ2v) is 6.28. The van der Waals surface area contributed by atoms with Gasteiger partial charge in [0.05, 0.1) is 0 Å². The van der Waals surface area contributed by atoms with Crippen LogP contribution in [0.2, 0.25) is 0 Å². The maximum absolute atomic E-state index is 12.7. The second kappa shape index (κ2) is 7.42. The lowest BCUT2D eigenvalue weighted by atomic mass is 10.1. The first kappa shape index (κ1) is 17.2. The minimum Gasteiger partial charge on any atom is -0.341 e. The van der Waals surface area contributed by atoms with Crippen LogP contribution in [0.4, 0.5) is 5.69 Å².